The number of carboxylic acid groups (broad SMARTS) is 1. The van der Waals surface area contributed by atoms with E-state index in [2.05, 4.69) is 4.98 Å². The fraction of sp³-hybridized carbons (Fsp3) is 0.182. The smallest absolute Gasteiger partial charge is 0.313 e. The zero-order valence-corrected chi connectivity index (χ0v) is 9.99. The monoisotopic (exact) mass is 249 g/mol. The molecule has 17 heavy (non-hydrogen) atoms. The van der Waals surface area contributed by atoms with Crippen LogP contribution in [0.25, 0.3) is 11.0 Å². The van der Waals surface area contributed by atoms with Crippen LogP contribution in [0.1, 0.15) is 5.82 Å². The second-order valence-corrected chi connectivity index (χ2v) is 4.48. The molecule has 0 aliphatic carbocycles. The van der Waals surface area contributed by atoms with Crippen molar-refractivity contribution in [3.8, 4) is 0 Å². The summed E-state index contributed by atoms with van der Waals surface area (Å²) in [7, 11) is 1.82. The molecule has 1 heterocycles. The first-order valence-electron chi connectivity index (χ1n) is 4.94. The van der Waals surface area contributed by atoms with Gasteiger partial charge in [0.15, 0.2) is 5.82 Å². The van der Waals surface area contributed by atoms with Crippen molar-refractivity contribution in [2.45, 2.75) is 0 Å². The first-order valence-corrected chi connectivity index (χ1v) is 5.93. The third-order valence-corrected chi connectivity index (χ3v) is 3.19. The number of fused-ring (bicyclic) bond motifs is 1. The summed E-state index contributed by atoms with van der Waals surface area (Å²) in [6, 6.07) is 7.57. The Hall–Kier alpha value is -1.82. The molecule has 0 aliphatic heterocycles. The summed E-state index contributed by atoms with van der Waals surface area (Å²) >= 11 is 0.967. The van der Waals surface area contributed by atoms with Gasteiger partial charge in [-0.2, -0.15) is 0 Å². The van der Waals surface area contributed by atoms with Gasteiger partial charge in [0.25, 0.3) is 0 Å². The van der Waals surface area contributed by atoms with Crippen molar-refractivity contribution in [1.82, 2.24) is 9.55 Å². The van der Waals surface area contributed by atoms with E-state index in [-0.39, 0.29) is 10.8 Å². The number of hydrogen-bond donors (Lipinski definition) is 2. The number of carbonyl (C=O) groups is 1. The highest BCUT2D eigenvalue weighted by molar-refractivity contribution is 8.14. The number of rotatable bonds is 3. The molecule has 2 aromatic rings. The molecule has 5 nitrogen and oxygen atoms in total. The van der Waals surface area contributed by atoms with Gasteiger partial charge in [-0.15, -0.1) is 0 Å². The average Bonchev–Trinajstić information content (AvgIpc) is 2.64. The lowest BCUT2D eigenvalue weighted by Gasteiger charge is -2.02. The van der Waals surface area contributed by atoms with Crippen molar-refractivity contribution in [3.05, 3.63) is 30.1 Å². The lowest BCUT2D eigenvalue weighted by Crippen LogP contribution is -2.07. The second kappa shape index (κ2) is 4.58. The molecule has 0 spiro atoms. The number of thioether (sulfide) groups is 1. The molecule has 0 amide bonds. The predicted molar refractivity (Wildman–Crippen MR) is 67.6 cm³/mol. The van der Waals surface area contributed by atoms with Crippen LogP contribution in [0.4, 0.5) is 0 Å². The highest BCUT2D eigenvalue weighted by Gasteiger charge is 2.13. The maximum absolute atomic E-state index is 10.4. The largest absolute Gasteiger partial charge is 0.481 e. The fourth-order valence-corrected chi connectivity index (χ4v) is 2.13. The topological polar surface area (TPSA) is 79.0 Å². The van der Waals surface area contributed by atoms with Gasteiger partial charge in [0.2, 0.25) is 0 Å². The molecule has 1 aromatic heterocycles. The third-order valence-electron chi connectivity index (χ3n) is 2.33. The zero-order valence-electron chi connectivity index (χ0n) is 9.17. The molecule has 88 valence electrons. The molecule has 2 N–H and O–H groups in total. The number of carboxylic acids is 1. The number of para-hydroxylation sites is 2. The Balaban J connectivity index is 2.32. The van der Waals surface area contributed by atoms with Crippen LogP contribution in [0, 0.1) is 5.41 Å². The fourth-order valence-electron chi connectivity index (χ4n) is 1.55. The molecule has 0 unspecified atom stereocenters. The Kier molecular flexibility index (Phi) is 3.14. The Bertz CT molecular complexity index is 591. The average molecular weight is 249 g/mol. The Labute approximate surface area is 102 Å². The molecule has 0 saturated heterocycles. The van der Waals surface area contributed by atoms with Crippen LogP contribution in [0.3, 0.4) is 0 Å². The van der Waals surface area contributed by atoms with Crippen molar-refractivity contribution in [2.24, 2.45) is 7.05 Å². The summed E-state index contributed by atoms with van der Waals surface area (Å²) in [6.45, 7) is 0. The number of nitrogens with one attached hydrogen (secondary N) is 1. The van der Waals surface area contributed by atoms with E-state index >= 15 is 0 Å². The van der Waals surface area contributed by atoms with E-state index in [1.807, 2.05) is 31.3 Å². The lowest BCUT2D eigenvalue weighted by molar-refractivity contribution is -0.133. The minimum absolute atomic E-state index is 0.123. The maximum Gasteiger partial charge on any atom is 0.313 e. The van der Waals surface area contributed by atoms with Crippen molar-refractivity contribution >= 4 is 33.8 Å². The highest BCUT2D eigenvalue weighted by Crippen LogP contribution is 2.18. The van der Waals surface area contributed by atoms with Crippen LogP contribution in [-0.2, 0) is 11.8 Å². The lowest BCUT2D eigenvalue weighted by atomic mass is 10.3. The molecule has 6 heteroatoms. The van der Waals surface area contributed by atoms with Gasteiger partial charge in [-0.3, -0.25) is 10.2 Å². The van der Waals surface area contributed by atoms with Gasteiger partial charge >= 0.3 is 5.97 Å². The van der Waals surface area contributed by atoms with Crippen LogP contribution < -0.4 is 0 Å². The molecule has 0 radical (unpaired) electrons. The zero-order chi connectivity index (χ0) is 12.4. The van der Waals surface area contributed by atoms with Gasteiger partial charge in [0.1, 0.15) is 5.04 Å². The molecule has 0 aliphatic rings. The molecule has 2 rings (SSSR count). The number of aliphatic carboxylic acids is 1. The molecule has 0 fully saturated rings. The number of aromatic nitrogens is 2. The number of hydrogen-bond acceptors (Lipinski definition) is 4. The molecule has 0 atom stereocenters. The Morgan fingerprint density at radius 3 is 2.88 bits per heavy atom. The molecular formula is C11H11N3O2S. The van der Waals surface area contributed by atoms with Gasteiger partial charge in [-0.05, 0) is 12.1 Å². The number of imidazole rings is 1. The van der Waals surface area contributed by atoms with E-state index in [0.717, 1.165) is 22.8 Å². The summed E-state index contributed by atoms with van der Waals surface area (Å²) < 4.78 is 1.80. The highest BCUT2D eigenvalue weighted by atomic mass is 32.2. The summed E-state index contributed by atoms with van der Waals surface area (Å²) in [5.74, 6) is -0.557. The SMILES string of the molecule is Cn1c(C(=N)SCC(=O)O)nc2ccccc21. The third kappa shape index (κ3) is 2.31. The Morgan fingerprint density at radius 2 is 2.24 bits per heavy atom. The van der Waals surface area contributed by atoms with Gasteiger partial charge in [0.05, 0.1) is 16.8 Å². The normalized spacial score (nSPS) is 10.6. The van der Waals surface area contributed by atoms with Crippen molar-refractivity contribution < 1.29 is 9.90 Å². The first kappa shape index (κ1) is 11.7. The summed E-state index contributed by atoms with van der Waals surface area (Å²) in [5, 5.41) is 16.6. The number of nitrogens with zero attached hydrogens (tertiary/aromatic N) is 2. The minimum atomic E-state index is -0.932. The minimum Gasteiger partial charge on any atom is -0.481 e. The van der Waals surface area contributed by atoms with Crippen molar-refractivity contribution in [1.29, 1.82) is 5.41 Å². The van der Waals surface area contributed by atoms with Crippen LogP contribution >= 0.6 is 11.8 Å². The van der Waals surface area contributed by atoms with Gasteiger partial charge in [-0.25, -0.2) is 4.98 Å². The quantitative estimate of drug-likeness (QED) is 0.641. The second-order valence-electron chi connectivity index (χ2n) is 3.49. The maximum atomic E-state index is 10.4. The standard InChI is InChI=1S/C11H11N3O2S/c1-14-8-5-3-2-4-7(8)13-11(14)10(12)17-6-9(15)16/h2-5,12H,6H2,1H3,(H,15,16). The van der Waals surface area contributed by atoms with Gasteiger partial charge in [0, 0.05) is 7.05 Å². The first-order chi connectivity index (χ1) is 8.09. The molecular weight excluding hydrogens is 238 g/mol. The van der Waals surface area contributed by atoms with E-state index in [0.29, 0.717) is 5.82 Å². The van der Waals surface area contributed by atoms with Crippen LogP contribution in [0.15, 0.2) is 24.3 Å². The van der Waals surface area contributed by atoms with Crippen LogP contribution in [0.2, 0.25) is 0 Å². The summed E-state index contributed by atoms with van der Waals surface area (Å²) in [4.78, 5) is 14.8. The number of aryl methyl sites for hydroxylation is 1. The van der Waals surface area contributed by atoms with E-state index in [1.165, 1.54) is 0 Å². The summed E-state index contributed by atoms with van der Waals surface area (Å²) in [5.41, 5.74) is 1.74. The van der Waals surface area contributed by atoms with Gasteiger partial charge < -0.3 is 9.67 Å². The molecule has 0 bridgehead atoms. The van der Waals surface area contributed by atoms with Crippen LogP contribution in [-0.4, -0.2) is 31.4 Å². The van der Waals surface area contributed by atoms with E-state index in [9.17, 15) is 4.79 Å². The molecule has 0 saturated carbocycles. The van der Waals surface area contributed by atoms with Crippen molar-refractivity contribution in [2.75, 3.05) is 5.75 Å². The predicted octanol–water partition coefficient (Wildman–Crippen LogP) is 1.72. The van der Waals surface area contributed by atoms with E-state index in [1.54, 1.807) is 4.57 Å². The van der Waals surface area contributed by atoms with E-state index in [4.69, 9.17) is 10.5 Å². The van der Waals surface area contributed by atoms with Crippen molar-refractivity contribution in [3.63, 3.8) is 0 Å². The van der Waals surface area contributed by atoms with Crippen LogP contribution in [0.5, 0.6) is 0 Å². The summed E-state index contributed by atoms with van der Waals surface area (Å²) in [6.07, 6.45) is 0. The van der Waals surface area contributed by atoms with Gasteiger partial charge in [-0.1, -0.05) is 23.9 Å². The van der Waals surface area contributed by atoms with E-state index < -0.39 is 5.97 Å². The molecule has 1 aromatic carbocycles. The Morgan fingerprint density at radius 1 is 1.53 bits per heavy atom. The number of benzene rings is 1.